The van der Waals surface area contributed by atoms with Gasteiger partial charge in [-0.25, -0.2) is 4.79 Å². The summed E-state index contributed by atoms with van der Waals surface area (Å²) < 4.78 is 4.99. The van der Waals surface area contributed by atoms with Crippen LogP contribution in [0.5, 0.6) is 5.75 Å². The Morgan fingerprint density at radius 1 is 1.09 bits per heavy atom. The number of hydroxylamine groups is 2. The summed E-state index contributed by atoms with van der Waals surface area (Å²) in [4.78, 5) is 45.1. The lowest BCUT2D eigenvalue weighted by molar-refractivity contribution is -0.0586. The number of ether oxygens (including phenoxy) is 1. The quantitative estimate of drug-likeness (QED) is 0.797. The van der Waals surface area contributed by atoms with Gasteiger partial charge in [-0.1, -0.05) is 17.2 Å². The maximum atomic E-state index is 12.1. The van der Waals surface area contributed by atoms with Gasteiger partial charge in [0.05, 0.1) is 24.4 Å². The molecule has 22 heavy (non-hydrogen) atoms. The van der Waals surface area contributed by atoms with Gasteiger partial charge >= 0.3 is 5.97 Å². The molecular weight excluding hydrogens is 288 g/mol. The fourth-order valence-electron chi connectivity index (χ4n) is 2.09. The lowest BCUT2D eigenvalue weighted by Crippen LogP contribution is -2.32. The van der Waals surface area contributed by atoms with Crippen molar-refractivity contribution < 1.29 is 24.0 Å². The van der Waals surface area contributed by atoms with Gasteiger partial charge in [0, 0.05) is 6.20 Å². The number of imide groups is 1. The van der Waals surface area contributed by atoms with Crippen molar-refractivity contribution in [1.82, 2.24) is 10.0 Å². The van der Waals surface area contributed by atoms with Crippen molar-refractivity contribution in [3.63, 3.8) is 0 Å². The molecule has 0 saturated carbocycles. The fraction of sp³-hybridized carbons (Fsp3) is 0.0667. The van der Waals surface area contributed by atoms with Crippen LogP contribution < -0.4 is 4.74 Å². The lowest BCUT2D eigenvalue weighted by atomic mass is 10.1. The van der Waals surface area contributed by atoms with E-state index < -0.39 is 17.8 Å². The Morgan fingerprint density at radius 2 is 1.73 bits per heavy atom. The molecule has 3 rings (SSSR count). The van der Waals surface area contributed by atoms with Crippen LogP contribution in [0.4, 0.5) is 0 Å². The van der Waals surface area contributed by atoms with Gasteiger partial charge in [0.1, 0.15) is 5.56 Å². The monoisotopic (exact) mass is 298 g/mol. The van der Waals surface area contributed by atoms with E-state index in [9.17, 15) is 14.4 Å². The van der Waals surface area contributed by atoms with Crippen LogP contribution in [0, 0.1) is 0 Å². The van der Waals surface area contributed by atoms with E-state index in [1.54, 1.807) is 12.1 Å². The van der Waals surface area contributed by atoms with Gasteiger partial charge in [-0.3, -0.25) is 14.6 Å². The summed E-state index contributed by atoms with van der Waals surface area (Å²) in [6.45, 7) is 0. The number of aromatic nitrogens is 1. The molecule has 1 aliphatic heterocycles. The first-order chi connectivity index (χ1) is 10.6. The van der Waals surface area contributed by atoms with Crippen LogP contribution in [0.1, 0.15) is 31.1 Å². The van der Waals surface area contributed by atoms with E-state index in [4.69, 9.17) is 9.57 Å². The van der Waals surface area contributed by atoms with Crippen LogP contribution in [-0.2, 0) is 4.84 Å². The zero-order valence-electron chi connectivity index (χ0n) is 11.5. The predicted molar refractivity (Wildman–Crippen MR) is 73.1 cm³/mol. The van der Waals surface area contributed by atoms with Crippen molar-refractivity contribution in [2.24, 2.45) is 0 Å². The number of fused-ring (bicyclic) bond motifs is 1. The minimum absolute atomic E-state index is 0.0639. The molecule has 0 unspecified atom stereocenters. The maximum absolute atomic E-state index is 12.1. The lowest BCUT2D eigenvalue weighted by Gasteiger charge is -2.13. The van der Waals surface area contributed by atoms with Crippen LogP contribution in [-0.4, -0.2) is 34.9 Å². The summed E-state index contributed by atoms with van der Waals surface area (Å²) in [6.07, 6.45) is 2.71. The van der Waals surface area contributed by atoms with Gasteiger partial charge in [0.2, 0.25) is 0 Å². The van der Waals surface area contributed by atoms with Gasteiger partial charge < -0.3 is 9.57 Å². The number of hydrogen-bond donors (Lipinski definition) is 0. The molecule has 0 radical (unpaired) electrons. The molecule has 0 fully saturated rings. The smallest absolute Gasteiger partial charge is 0.367 e. The zero-order valence-corrected chi connectivity index (χ0v) is 11.5. The first-order valence-electron chi connectivity index (χ1n) is 6.31. The van der Waals surface area contributed by atoms with Gasteiger partial charge in [0.25, 0.3) is 11.8 Å². The summed E-state index contributed by atoms with van der Waals surface area (Å²) in [5.74, 6) is -2.05. The summed E-state index contributed by atoms with van der Waals surface area (Å²) in [5, 5.41) is 0.451. The van der Waals surface area contributed by atoms with Crippen LogP contribution in [0.2, 0.25) is 0 Å². The number of amides is 2. The van der Waals surface area contributed by atoms with E-state index in [0.717, 1.165) is 0 Å². The molecule has 2 aromatic rings. The van der Waals surface area contributed by atoms with Crippen LogP contribution in [0.3, 0.4) is 0 Å². The Morgan fingerprint density at radius 3 is 2.32 bits per heavy atom. The van der Waals surface area contributed by atoms with Crippen molar-refractivity contribution in [3.8, 4) is 5.75 Å². The number of hydrogen-bond acceptors (Lipinski definition) is 6. The van der Waals surface area contributed by atoms with E-state index >= 15 is 0 Å². The third kappa shape index (κ3) is 2.08. The second kappa shape index (κ2) is 5.28. The van der Waals surface area contributed by atoms with Crippen molar-refractivity contribution in [2.75, 3.05) is 7.11 Å². The molecule has 1 aromatic heterocycles. The zero-order chi connectivity index (χ0) is 15.7. The number of pyridine rings is 1. The van der Waals surface area contributed by atoms with Crippen LogP contribution in [0.25, 0.3) is 0 Å². The summed E-state index contributed by atoms with van der Waals surface area (Å²) in [5.41, 5.74) is 0.457. The van der Waals surface area contributed by atoms with Gasteiger partial charge in [0.15, 0.2) is 5.75 Å². The number of rotatable bonds is 3. The number of benzene rings is 1. The van der Waals surface area contributed by atoms with E-state index in [1.807, 2.05) is 0 Å². The predicted octanol–water partition coefficient (Wildman–Crippen LogP) is 1.46. The molecule has 1 aromatic carbocycles. The Hall–Kier alpha value is -3.22. The van der Waals surface area contributed by atoms with E-state index in [0.29, 0.717) is 5.06 Å². The highest BCUT2D eigenvalue weighted by Crippen LogP contribution is 2.24. The van der Waals surface area contributed by atoms with Crippen LogP contribution in [0.15, 0.2) is 42.7 Å². The molecule has 0 aliphatic carbocycles. The van der Waals surface area contributed by atoms with Gasteiger partial charge in [-0.05, 0) is 18.2 Å². The molecule has 0 atom stereocenters. The first kappa shape index (κ1) is 13.7. The van der Waals surface area contributed by atoms with Crippen molar-refractivity contribution in [3.05, 3.63) is 59.4 Å². The molecule has 1 aliphatic rings. The standard InChI is InChI=1S/C15H10N2O5/c1-21-12-8-16-7-6-11(12)15(20)22-17-13(18)9-4-2-3-5-10(9)14(17)19/h2-8H,1H3. The second-order valence-electron chi connectivity index (χ2n) is 4.40. The molecule has 2 heterocycles. The van der Waals surface area contributed by atoms with Crippen molar-refractivity contribution in [2.45, 2.75) is 0 Å². The SMILES string of the molecule is COc1cnccc1C(=O)ON1C(=O)c2ccccc2C1=O. The van der Waals surface area contributed by atoms with Gasteiger partial charge in [-0.15, -0.1) is 0 Å². The van der Waals surface area contributed by atoms with E-state index in [2.05, 4.69) is 4.98 Å². The number of nitrogens with zero attached hydrogens (tertiary/aromatic N) is 2. The highest BCUT2D eigenvalue weighted by molar-refractivity contribution is 6.21. The first-order valence-corrected chi connectivity index (χ1v) is 6.31. The Kier molecular flexibility index (Phi) is 3.30. The Balaban J connectivity index is 1.87. The number of methoxy groups -OCH3 is 1. The largest absolute Gasteiger partial charge is 0.494 e. The molecule has 0 saturated heterocycles. The van der Waals surface area contributed by atoms with Crippen molar-refractivity contribution >= 4 is 17.8 Å². The average Bonchev–Trinajstić information content (AvgIpc) is 2.80. The summed E-state index contributed by atoms with van der Waals surface area (Å²) in [7, 11) is 1.37. The van der Waals surface area contributed by atoms with E-state index in [1.165, 1.54) is 37.7 Å². The molecule has 0 spiro atoms. The number of carbonyl (C=O) groups excluding carboxylic acids is 3. The number of carbonyl (C=O) groups is 3. The minimum Gasteiger partial charge on any atom is -0.494 e. The summed E-state index contributed by atoms with van der Waals surface area (Å²) >= 11 is 0. The highest BCUT2D eigenvalue weighted by atomic mass is 16.7. The normalized spacial score (nSPS) is 13.0. The molecular formula is C15H10N2O5. The Bertz CT molecular complexity index is 752. The molecule has 7 nitrogen and oxygen atoms in total. The van der Waals surface area contributed by atoms with Gasteiger partial charge in [-0.2, -0.15) is 0 Å². The third-order valence-electron chi connectivity index (χ3n) is 3.16. The molecule has 7 heteroatoms. The van der Waals surface area contributed by atoms with E-state index in [-0.39, 0.29) is 22.4 Å². The second-order valence-corrected chi connectivity index (χ2v) is 4.40. The molecule has 2 amide bonds. The van der Waals surface area contributed by atoms with Crippen LogP contribution >= 0.6 is 0 Å². The maximum Gasteiger partial charge on any atom is 0.367 e. The third-order valence-corrected chi connectivity index (χ3v) is 3.16. The highest BCUT2D eigenvalue weighted by Gasteiger charge is 2.39. The molecule has 0 N–H and O–H groups in total. The Labute approximate surface area is 125 Å². The topological polar surface area (TPSA) is 85.8 Å². The molecule has 110 valence electrons. The minimum atomic E-state index is -0.881. The van der Waals surface area contributed by atoms with Crippen molar-refractivity contribution in [1.29, 1.82) is 0 Å². The molecule has 0 bridgehead atoms. The summed E-state index contributed by atoms with van der Waals surface area (Å²) in [6, 6.07) is 7.62. The average molecular weight is 298 g/mol. The fourth-order valence-corrected chi connectivity index (χ4v) is 2.09.